The van der Waals surface area contributed by atoms with Crippen molar-refractivity contribution in [3.8, 4) is 0 Å². The van der Waals surface area contributed by atoms with Gasteiger partial charge in [-0.1, -0.05) is 54.1 Å². The summed E-state index contributed by atoms with van der Waals surface area (Å²) in [6.07, 6.45) is -0.318. The van der Waals surface area contributed by atoms with Gasteiger partial charge in [0.25, 0.3) is 0 Å². The van der Waals surface area contributed by atoms with E-state index >= 15 is 0 Å². The van der Waals surface area contributed by atoms with Crippen LogP contribution in [0.1, 0.15) is 42.7 Å². The molecule has 2 atom stereocenters. The SMILES string of the molecule is CCOP(=O)(OCC)S[C@@H](C[C@@H](O)c1ccccc1)c1ccc(Cl)cc1. The van der Waals surface area contributed by atoms with Gasteiger partial charge in [-0.25, -0.2) is 4.57 Å². The van der Waals surface area contributed by atoms with Crippen LogP contribution in [0.25, 0.3) is 0 Å². The van der Waals surface area contributed by atoms with E-state index in [9.17, 15) is 9.67 Å². The molecule has 0 heterocycles. The molecule has 0 saturated heterocycles. The highest BCUT2D eigenvalue weighted by Gasteiger charge is 2.32. The molecular formula is C19H24ClO4PS. The molecule has 0 aliphatic rings. The van der Waals surface area contributed by atoms with Crippen molar-refractivity contribution in [3.63, 3.8) is 0 Å². The predicted octanol–water partition coefficient (Wildman–Crippen LogP) is 6.42. The lowest BCUT2D eigenvalue weighted by Crippen LogP contribution is -2.05. The van der Waals surface area contributed by atoms with E-state index in [1.165, 1.54) is 0 Å². The standard InChI is InChI=1S/C19H24ClO4PS/c1-3-23-25(22,24-4-2)26-19(16-10-12-17(20)13-11-16)14-18(21)15-8-6-5-7-9-15/h5-13,18-19,21H,3-4,14H2,1-2H3/t18-,19+/m1/s1. The Morgan fingerprint density at radius 3 is 2.12 bits per heavy atom. The Labute approximate surface area is 164 Å². The van der Waals surface area contributed by atoms with Gasteiger partial charge in [0, 0.05) is 10.3 Å². The quantitative estimate of drug-likeness (QED) is 0.454. The highest BCUT2D eigenvalue weighted by molar-refractivity contribution is 8.55. The summed E-state index contributed by atoms with van der Waals surface area (Å²) >= 11 is 7.12. The first-order valence-corrected chi connectivity index (χ1v) is 11.9. The summed E-state index contributed by atoms with van der Waals surface area (Å²) in [7, 11) is 0. The van der Waals surface area contributed by atoms with E-state index in [1.807, 2.05) is 42.5 Å². The van der Waals surface area contributed by atoms with Gasteiger partial charge in [0.2, 0.25) is 0 Å². The van der Waals surface area contributed by atoms with E-state index in [0.717, 1.165) is 22.5 Å². The van der Waals surface area contributed by atoms with Gasteiger partial charge in [0.15, 0.2) is 0 Å². The summed E-state index contributed by atoms with van der Waals surface area (Å²) in [6.45, 7) is 0.813. The van der Waals surface area contributed by atoms with Gasteiger partial charge in [-0.2, -0.15) is 0 Å². The number of rotatable bonds is 10. The summed E-state index contributed by atoms with van der Waals surface area (Å²) < 4.78 is 23.8. The maximum absolute atomic E-state index is 13.0. The Balaban J connectivity index is 2.26. The molecule has 0 saturated carbocycles. The molecule has 7 heteroatoms. The number of hydrogen-bond donors (Lipinski definition) is 1. The minimum atomic E-state index is -3.33. The van der Waals surface area contributed by atoms with Crippen LogP contribution in [0.3, 0.4) is 0 Å². The fourth-order valence-corrected chi connectivity index (χ4v) is 6.87. The van der Waals surface area contributed by atoms with Crippen molar-refractivity contribution in [2.24, 2.45) is 0 Å². The number of hydrogen-bond acceptors (Lipinski definition) is 5. The van der Waals surface area contributed by atoms with Gasteiger partial charge in [-0.05, 0) is 54.9 Å². The largest absolute Gasteiger partial charge is 0.389 e. The van der Waals surface area contributed by atoms with E-state index in [0.29, 0.717) is 24.7 Å². The Kier molecular flexibility index (Phi) is 8.68. The van der Waals surface area contributed by atoms with Gasteiger partial charge in [0.1, 0.15) is 0 Å². The Hall–Kier alpha value is -0.810. The third kappa shape index (κ3) is 6.41. The molecule has 0 aliphatic heterocycles. The second-order valence-electron chi connectivity index (χ2n) is 5.59. The zero-order chi connectivity index (χ0) is 19.0. The van der Waals surface area contributed by atoms with Crippen LogP contribution in [0.4, 0.5) is 0 Å². The van der Waals surface area contributed by atoms with Crippen molar-refractivity contribution in [1.29, 1.82) is 0 Å². The summed E-state index contributed by atoms with van der Waals surface area (Å²) in [6, 6.07) is 16.7. The topological polar surface area (TPSA) is 55.8 Å². The van der Waals surface area contributed by atoms with Crippen molar-refractivity contribution in [2.45, 2.75) is 31.6 Å². The van der Waals surface area contributed by atoms with Gasteiger partial charge >= 0.3 is 6.80 Å². The summed E-state index contributed by atoms with van der Waals surface area (Å²) in [4.78, 5) is 0. The van der Waals surface area contributed by atoms with Crippen LogP contribution >= 0.6 is 29.8 Å². The Bertz CT molecular complexity index is 701. The average molecular weight is 415 g/mol. The summed E-state index contributed by atoms with van der Waals surface area (Å²) in [5.41, 5.74) is 1.73. The van der Waals surface area contributed by atoms with Crippen LogP contribution in [0, 0.1) is 0 Å². The molecule has 2 rings (SSSR count). The molecule has 0 aliphatic carbocycles. The molecule has 26 heavy (non-hydrogen) atoms. The molecule has 0 radical (unpaired) electrons. The normalized spacial score (nSPS) is 14.2. The molecule has 2 aromatic carbocycles. The van der Waals surface area contributed by atoms with E-state index in [4.69, 9.17) is 20.6 Å². The van der Waals surface area contributed by atoms with Crippen molar-refractivity contribution < 1.29 is 18.7 Å². The minimum Gasteiger partial charge on any atom is -0.388 e. The first-order valence-electron chi connectivity index (χ1n) is 8.53. The van der Waals surface area contributed by atoms with Crippen LogP contribution < -0.4 is 0 Å². The average Bonchev–Trinajstić information content (AvgIpc) is 2.63. The highest BCUT2D eigenvalue weighted by Crippen LogP contribution is 2.66. The second-order valence-corrected chi connectivity index (χ2v) is 10.2. The molecule has 0 bridgehead atoms. The van der Waals surface area contributed by atoms with Crippen molar-refractivity contribution in [2.75, 3.05) is 13.2 Å². The molecule has 0 amide bonds. The molecule has 4 nitrogen and oxygen atoms in total. The van der Waals surface area contributed by atoms with E-state index in [2.05, 4.69) is 0 Å². The number of benzene rings is 2. The van der Waals surface area contributed by atoms with E-state index < -0.39 is 12.9 Å². The Morgan fingerprint density at radius 1 is 1.00 bits per heavy atom. The fraction of sp³-hybridized carbons (Fsp3) is 0.368. The number of aliphatic hydroxyl groups is 1. The maximum Gasteiger partial charge on any atom is 0.389 e. The molecule has 2 aromatic rings. The van der Waals surface area contributed by atoms with Crippen LogP contribution in [-0.2, 0) is 13.6 Å². The molecular weight excluding hydrogens is 391 g/mol. The zero-order valence-electron chi connectivity index (χ0n) is 14.9. The molecule has 0 fully saturated rings. The zero-order valence-corrected chi connectivity index (χ0v) is 17.3. The molecule has 142 valence electrons. The predicted molar refractivity (Wildman–Crippen MR) is 109 cm³/mol. The summed E-state index contributed by atoms with van der Waals surface area (Å²) in [5.74, 6) is 0. The lowest BCUT2D eigenvalue weighted by atomic mass is 10.0. The van der Waals surface area contributed by atoms with Gasteiger partial charge in [0.05, 0.1) is 19.3 Å². The fourth-order valence-electron chi connectivity index (χ4n) is 2.50. The summed E-state index contributed by atoms with van der Waals surface area (Å²) in [5, 5.41) is 11.0. The smallest absolute Gasteiger partial charge is 0.388 e. The van der Waals surface area contributed by atoms with Crippen LogP contribution in [0.5, 0.6) is 0 Å². The Morgan fingerprint density at radius 2 is 1.58 bits per heavy atom. The first kappa shape index (κ1) is 21.5. The van der Waals surface area contributed by atoms with Crippen LogP contribution in [0.2, 0.25) is 5.02 Å². The van der Waals surface area contributed by atoms with E-state index in [-0.39, 0.29) is 5.25 Å². The van der Waals surface area contributed by atoms with Gasteiger partial charge < -0.3 is 14.2 Å². The van der Waals surface area contributed by atoms with Crippen molar-refractivity contribution in [3.05, 3.63) is 70.7 Å². The maximum atomic E-state index is 13.0. The van der Waals surface area contributed by atoms with Crippen molar-refractivity contribution in [1.82, 2.24) is 0 Å². The minimum absolute atomic E-state index is 0.272. The third-order valence-corrected chi connectivity index (χ3v) is 8.24. The third-order valence-electron chi connectivity index (χ3n) is 3.69. The second kappa shape index (κ2) is 10.5. The molecule has 0 aromatic heterocycles. The first-order chi connectivity index (χ1) is 12.5. The lowest BCUT2D eigenvalue weighted by Gasteiger charge is -2.25. The molecule has 0 spiro atoms. The van der Waals surface area contributed by atoms with Crippen LogP contribution in [0.15, 0.2) is 54.6 Å². The lowest BCUT2D eigenvalue weighted by molar-refractivity contribution is 0.167. The highest BCUT2D eigenvalue weighted by atomic mass is 35.5. The molecule has 1 N–H and O–H groups in total. The molecule has 0 unspecified atom stereocenters. The van der Waals surface area contributed by atoms with Gasteiger partial charge in [-0.15, -0.1) is 0 Å². The van der Waals surface area contributed by atoms with E-state index in [1.54, 1.807) is 26.0 Å². The van der Waals surface area contributed by atoms with Crippen molar-refractivity contribution >= 4 is 29.8 Å². The van der Waals surface area contributed by atoms with Crippen LogP contribution in [-0.4, -0.2) is 18.3 Å². The monoisotopic (exact) mass is 414 g/mol. The number of halogens is 1. The number of aliphatic hydroxyl groups excluding tert-OH is 1. The van der Waals surface area contributed by atoms with Gasteiger partial charge in [-0.3, -0.25) is 0 Å².